The Hall–Kier alpha value is -1.97. The molecule has 0 N–H and O–H groups in total. The summed E-state index contributed by atoms with van der Waals surface area (Å²) in [6.45, 7) is 5.83. The average molecular weight is 315 g/mol. The van der Waals surface area contributed by atoms with Crippen LogP contribution in [0.25, 0.3) is 0 Å². The maximum atomic E-state index is 14.0. The Kier molecular flexibility index (Phi) is 4.09. The fraction of sp³-hybridized carbons (Fsp3) is 0.474. The average Bonchev–Trinajstić information content (AvgIpc) is 2.99. The highest BCUT2D eigenvalue weighted by Gasteiger charge is 2.39. The monoisotopic (exact) mass is 315 g/mol. The van der Waals surface area contributed by atoms with Crippen molar-refractivity contribution in [1.29, 1.82) is 0 Å². The van der Waals surface area contributed by atoms with Crippen LogP contribution in [0.2, 0.25) is 0 Å². The molecule has 1 aliphatic heterocycles. The van der Waals surface area contributed by atoms with Crippen LogP contribution in [0.15, 0.2) is 35.5 Å². The molecule has 0 aromatic heterocycles. The number of carbonyl (C=O) groups excluding carboxylic acids is 2. The minimum Gasteiger partial charge on any atom is -0.374 e. The molecule has 1 aromatic carbocycles. The van der Waals surface area contributed by atoms with Crippen molar-refractivity contribution >= 4 is 11.6 Å². The number of halogens is 1. The third kappa shape index (κ3) is 3.07. The molecule has 1 fully saturated rings. The molecule has 0 radical (unpaired) electrons. The van der Waals surface area contributed by atoms with Crippen molar-refractivity contribution in [2.45, 2.75) is 39.5 Å². The Morgan fingerprint density at radius 3 is 2.43 bits per heavy atom. The zero-order valence-corrected chi connectivity index (χ0v) is 13.7. The number of carbonyl (C=O) groups is 2. The number of rotatable bonds is 3. The molecule has 0 saturated carbocycles. The molecule has 23 heavy (non-hydrogen) atoms. The normalized spacial score (nSPS) is 21.0. The molecule has 1 aromatic rings. The van der Waals surface area contributed by atoms with Gasteiger partial charge in [-0.05, 0) is 36.8 Å². The van der Waals surface area contributed by atoms with Gasteiger partial charge in [0.2, 0.25) is 5.78 Å². The lowest BCUT2D eigenvalue weighted by Crippen LogP contribution is -2.35. The number of hydrogen-bond donors (Lipinski definition) is 0. The van der Waals surface area contributed by atoms with Gasteiger partial charge in [-0.1, -0.05) is 26.0 Å². The second kappa shape index (κ2) is 5.91. The molecule has 0 unspecified atom stereocenters. The number of hydrogen-bond acceptors (Lipinski definition) is 3. The lowest BCUT2D eigenvalue weighted by molar-refractivity contribution is -0.118. The molecule has 4 heteroatoms. The molecule has 0 bridgehead atoms. The lowest BCUT2D eigenvalue weighted by Gasteiger charge is -2.36. The van der Waals surface area contributed by atoms with E-state index in [9.17, 15) is 14.0 Å². The van der Waals surface area contributed by atoms with Crippen LogP contribution in [0.4, 0.5) is 4.39 Å². The summed E-state index contributed by atoms with van der Waals surface area (Å²) < 4.78 is 14.0. The van der Waals surface area contributed by atoms with Crippen LogP contribution in [0.1, 0.15) is 49.9 Å². The van der Waals surface area contributed by atoms with Gasteiger partial charge < -0.3 is 4.90 Å². The lowest BCUT2D eigenvalue weighted by atomic mass is 9.74. The summed E-state index contributed by atoms with van der Waals surface area (Å²) in [5.41, 5.74) is 0.856. The highest BCUT2D eigenvalue weighted by Crippen LogP contribution is 2.40. The summed E-state index contributed by atoms with van der Waals surface area (Å²) in [7, 11) is 0. The van der Waals surface area contributed by atoms with Gasteiger partial charge in [0.05, 0.1) is 11.1 Å². The van der Waals surface area contributed by atoms with E-state index in [0.29, 0.717) is 12.8 Å². The van der Waals surface area contributed by atoms with Crippen LogP contribution in [0.5, 0.6) is 0 Å². The van der Waals surface area contributed by atoms with Gasteiger partial charge in [-0.25, -0.2) is 4.39 Å². The zero-order chi connectivity index (χ0) is 16.6. The van der Waals surface area contributed by atoms with Gasteiger partial charge in [-0.15, -0.1) is 0 Å². The fourth-order valence-electron chi connectivity index (χ4n) is 3.58. The first-order chi connectivity index (χ1) is 10.9. The summed E-state index contributed by atoms with van der Waals surface area (Å²) in [6, 6.07) is 5.90. The first kappa shape index (κ1) is 15.9. The van der Waals surface area contributed by atoms with Crippen LogP contribution in [-0.4, -0.2) is 29.6 Å². The van der Waals surface area contributed by atoms with Crippen LogP contribution in [-0.2, 0) is 4.79 Å². The number of benzene rings is 1. The maximum absolute atomic E-state index is 14.0. The van der Waals surface area contributed by atoms with E-state index < -0.39 is 11.6 Å². The summed E-state index contributed by atoms with van der Waals surface area (Å²) in [6.07, 6.45) is 3.16. The van der Waals surface area contributed by atoms with Gasteiger partial charge in [0.15, 0.2) is 5.78 Å². The van der Waals surface area contributed by atoms with E-state index in [1.807, 2.05) is 13.8 Å². The summed E-state index contributed by atoms with van der Waals surface area (Å²) in [5, 5.41) is 0. The van der Waals surface area contributed by atoms with E-state index in [1.54, 1.807) is 12.1 Å². The quantitative estimate of drug-likeness (QED) is 0.630. The highest BCUT2D eigenvalue weighted by atomic mass is 19.1. The Morgan fingerprint density at radius 2 is 1.78 bits per heavy atom. The van der Waals surface area contributed by atoms with Gasteiger partial charge in [0, 0.05) is 25.2 Å². The first-order valence-corrected chi connectivity index (χ1v) is 8.19. The van der Waals surface area contributed by atoms with Gasteiger partial charge >= 0.3 is 0 Å². The molecule has 0 amide bonds. The Labute approximate surface area is 136 Å². The molecular formula is C19H22FNO2. The maximum Gasteiger partial charge on any atom is 0.201 e. The summed E-state index contributed by atoms with van der Waals surface area (Å²) >= 11 is 0. The molecule has 3 nitrogen and oxygen atoms in total. The predicted octanol–water partition coefficient (Wildman–Crippen LogP) is 3.75. The van der Waals surface area contributed by atoms with Crippen molar-refractivity contribution in [2.24, 2.45) is 5.41 Å². The van der Waals surface area contributed by atoms with Crippen LogP contribution >= 0.6 is 0 Å². The number of Topliss-reactive ketones (excluding diaryl/α,β-unsaturated/α-hetero) is 2. The summed E-state index contributed by atoms with van der Waals surface area (Å²) in [5.74, 6) is -1.19. The van der Waals surface area contributed by atoms with E-state index in [2.05, 4.69) is 4.90 Å². The van der Waals surface area contributed by atoms with Gasteiger partial charge in [0.25, 0.3) is 0 Å². The van der Waals surface area contributed by atoms with E-state index in [0.717, 1.165) is 31.6 Å². The van der Waals surface area contributed by atoms with Crippen molar-refractivity contribution in [3.8, 4) is 0 Å². The minimum absolute atomic E-state index is 0.00717. The van der Waals surface area contributed by atoms with Gasteiger partial charge in [-0.3, -0.25) is 9.59 Å². The Balaban J connectivity index is 2.08. The molecular weight excluding hydrogens is 293 g/mol. The van der Waals surface area contributed by atoms with Crippen LogP contribution in [0, 0.1) is 11.2 Å². The third-order valence-electron chi connectivity index (χ3n) is 4.69. The molecule has 1 heterocycles. The fourth-order valence-corrected chi connectivity index (χ4v) is 3.58. The predicted molar refractivity (Wildman–Crippen MR) is 86.6 cm³/mol. The van der Waals surface area contributed by atoms with Crippen molar-refractivity contribution in [2.75, 3.05) is 13.1 Å². The van der Waals surface area contributed by atoms with Gasteiger partial charge in [-0.2, -0.15) is 0 Å². The van der Waals surface area contributed by atoms with Crippen molar-refractivity contribution in [1.82, 2.24) is 4.90 Å². The smallest absolute Gasteiger partial charge is 0.201 e. The van der Waals surface area contributed by atoms with Crippen molar-refractivity contribution in [3.05, 3.63) is 46.9 Å². The number of nitrogens with zero attached hydrogens (tertiary/aromatic N) is 1. The molecule has 3 rings (SSSR count). The summed E-state index contributed by atoms with van der Waals surface area (Å²) in [4.78, 5) is 27.7. The minimum atomic E-state index is -0.566. The molecule has 0 spiro atoms. The van der Waals surface area contributed by atoms with E-state index in [1.165, 1.54) is 12.1 Å². The first-order valence-electron chi connectivity index (χ1n) is 8.19. The Bertz CT molecular complexity index is 684. The molecule has 2 aliphatic rings. The van der Waals surface area contributed by atoms with Crippen molar-refractivity contribution in [3.63, 3.8) is 0 Å². The SMILES string of the molecule is CC1(C)CC(=O)C(C(=O)c2ccccc2F)=C(N2CCCC2)C1. The van der Waals surface area contributed by atoms with E-state index >= 15 is 0 Å². The highest BCUT2D eigenvalue weighted by molar-refractivity contribution is 6.27. The number of ketones is 2. The van der Waals surface area contributed by atoms with E-state index in [-0.39, 0.29) is 22.3 Å². The Morgan fingerprint density at radius 1 is 1.13 bits per heavy atom. The zero-order valence-electron chi connectivity index (χ0n) is 13.7. The molecule has 122 valence electrons. The second-order valence-electron chi connectivity index (χ2n) is 7.27. The largest absolute Gasteiger partial charge is 0.374 e. The van der Waals surface area contributed by atoms with Gasteiger partial charge in [0.1, 0.15) is 5.82 Å². The number of allylic oxidation sites excluding steroid dienone is 2. The molecule has 0 atom stereocenters. The second-order valence-corrected chi connectivity index (χ2v) is 7.27. The third-order valence-corrected chi connectivity index (χ3v) is 4.69. The van der Waals surface area contributed by atoms with Crippen LogP contribution < -0.4 is 0 Å². The van der Waals surface area contributed by atoms with E-state index in [4.69, 9.17) is 0 Å². The standard InChI is InChI=1S/C19H22FNO2/c1-19(2)11-15(21-9-5-6-10-21)17(16(22)12-19)18(23)13-7-3-4-8-14(13)20/h3-4,7-8H,5-6,9-12H2,1-2H3. The molecule has 1 aliphatic carbocycles. The molecule has 1 saturated heterocycles. The number of likely N-dealkylation sites (tertiary alicyclic amines) is 1. The van der Waals surface area contributed by atoms with Crippen molar-refractivity contribution < 1.29 is 14.0 Å². The topological polar surface area (TPSA) is 37.4 Å². The van der Waals surface area contributed by atoms with Crippen LogP contribution in [0.3, 0.4) is 0 Å².